The fraction of sp³-hybridized carbons (Fsp3) is 0. The average molecular weight is 744 g/mol. The molecule has 0 saturated carbocycles. The van der Waals surface area contributed by atoms with E-state index < -0.39 is 53.9 Å². The predicted octanol–water partition coefficient (Wildman–Crippen LogP) is 13.7. The number of para-hydroxylation sites is 1. The van der Waals surface area contributed by atoms with Gasteiger partial charge in [-0.3, -0.25) is 0 Å². The third-order valence-electron chi connectivity index (χ3n) is 9.84. The normalized spacial score (nSPS) is 14.3. The summed E-state index contributed by atoms with van der Waals surface area (Å²) in [6, 6.07) is 34.4. The SMILES string of the molecule is [2H]c1cc([2H])c2c(c1[2H])c1c([2H])c([2H])c(-c3c([2H])c([2H])c([2H])c([2H])c3[2H])c([2H])c1n2-c1ccc(-c2nc(-c3ccccc3)nc(-c3ccccc3)n2)cc1-c1cccc2c1sc1ccccc12. The summed E-state index contributed by atoms with van der Waals surface area (Å²) in [5.41, 5.74) is 3.15. The number of hydrogen-bond acceptors (Lipinski definition) is 4. The molecule has 0 radical (unpaired) electrons. The van der Waals surface area contributed by atoms with Crippen LogP contribution in [-0.4, -0.2) is 19.5 Å². The first-order valence-electron chi connectivity index (χ1n) is 23.4. The third kappa shape index (κ3) is 5.40. The van der Waals surface area contributed by atoms with Gasteiger partial charge >= 0.3 is 0 Å². The quantitative estimate of drug-likeness (QED) is 0.170. The highest BCUT2D eigenvalue weighted by Gasteiger charge is 2.21. The van der Waals surface area contributed by atoms with Crippen molar-refractivity contribution >= 4 is 53.3 Å². The monoisotopic (exact) mass is 743 g/mol. The minimum Gasteiger partial charge on any atom is -0.309 e. The van der Waals surface area contributed by atoms with Gasteiger partial charge in [-0.1, -0.05) is 158 Å². The maximum absolute atomic E-state index is 9.93. The Morgan fingerprint density at radius 3 is 1.88 bits per heavy atom. The van der Waals surface area contributed by atoms with E-state index in [4.69, 9.17) is 23.2 Å². The second kappa shape index (κ2) is 13.3. The topological polar surface area (TPSA) is 43.6 Å². The Morgan fingerprint density at radius 1 is 0.429 bits per heavy atom. The first-order valence-corrected chi connectivity index (χ1v) is 18.7. The Kier molecular flexibility index (Phi) is 5.42. The first-order chi connectivity index (χ1) is 32.3. The van der Waals surface area contributed by atoms with Crippen LogP contribution in [0.3, 0.4) is 0 Å². The molecular formula is C51H32N4S. The molecule has 4 nitrogen and oxygen atoms in total. The lowest BCUT2D eigenvalue weighted by atomic mass is 9.98. The third-order valence-corrected chi connectivity index (χ3v) is 11.1. The molecule has 56 heavy (non-hydrogen) atoms. The molecule has 11 aromatic rings. The van der Waals surface area contributed by atoms with Crippen molar-refractivity contribution in [2.75, 3.05) is 0 Å². The molecule has 5 heteroatoms. The molecule has 0 aliphatic rings. The van der Waals surface area contributed by atoms with E-state index in [-0.39, 0.29) is 45.5 Å². The zero-order valence-electron chi connectivity index (χ0n) is 40.3. The minimum atomic E-state index is -0.666. The molecule has 0 atom stereocenters. The van der Waals surface area contributed by atoms with Crippen molar-refractivity contribution in [2.24, 2.45) is 0 Å². The van der Waals surface area contributed by atoms with E-state index in [1.54, 1.807) is 22.0 Å². The number of aromatic nitrogens is 4. The Hall–Kier alpha value is -7.21. The highest BCUT2D eigenvalue weighted by molar-refractivity contribution is 7.26. The van der Waals surface area contributed by atoms with Crippen molar-refractivity contribution in [1.82, 2.24) is 19.5 Å². The van der Waals surface area contributed by atoms with Crippen molar-refractivity contribution in [2.45, 2.75) is 0 Å². The van der Waals surface area contributed by atoms with Crippen LogP contribution < -0.4 is 0 Å². The number of benzene rings is 8. The highest BCUT2D eigenvalue weighted by Crippen LogP contribution is 2.44. The van der Waals surface area contributed by atoms with Crippen molar-refractivity contribution in [3.05, 3.63) is 194 Å². The molecule has 0 saturated heterocycles. The molecule has 0 bridgehead atoms. The summed E-state index contributed by atoms with van der Waals surface area (Å²) >= 11 is 1.59. The molecule has 0 N–H and O–H groups in total. The summed E-state index contributed by atoms with van der Waals surface area (Å²) in [7, 11) is 0. The van der Waals surface area contributed by atoms with Gasteiger partial charge in [-0.15, -0.1) is 11.3 Å². The maximum atomic E-state index is 9.93. The van der Waals surface area contributed by atoms with Gasteiger partial charge in [-0.2, -0.15) is 0 Å². The lowest BCUT2D eigenvalue weighted by Gasteiger charge is -2.17. The van der Waals surface area contributed by atoms with Crippen LogP contribution in [0.1, 0.15) is 15.1 Å². The van der Waals surface area contributed by atoms with Crippen LogP contribution in [0.5, 0.6) is 0 Å². The van der Waals surface area contributed by atoms with Gasteiger partial charge < -0.3 is 4.57 Å². The minimum absolute atomic E-state index is 0.000295. The summed E-state index contributed by atoms with van der Waals surface area (Å²) in [5, 5.41) is 1.98. The van der Waals surface area contributed by atoms with Gasteiger partial charge in [0.1, 0.15) is 0 Å². The molecule has 0 fully saturated rings. The molecule has 11 rings (SSSR count). The fourth-order valence-corrected chi connectivity index (χ4v) is 8.51. The van der Waals surface area contributed by atoms with Gasteiger partial charge in [0.05, 0.1) is 31.8 Å². The van der Waals surface area contributed by atoms with Gasteiger partial charge in [-0.25, -0.2) is 15.0 Å². The van der Waals surface area contributed by atoms with Gasteiger partial charge in [0.15, 0.2) is 17.5 Å². The smallest absolute Gasteiger partial charge is 0.164 e. The Balaban J connectivity index is 1.30. The average Bonchev–Trinajstić information content (AvgIpc) is 3.93. The maximum Gasteiger partial charge on any atom is 0.164 e. The standard InChI is InChI=1S/C51H32N4S/c1-4-15-33(16-5-1)36-27-29-39-38-21-10-12-25-44(38)55(46(39)32-36)45-30-28-37(31-43(45)42-24-14-23-41-40-22-11-13-26-47(40)56-48(41)42)51-53-49(34-17-6-2-7-18-34)52-50(54-51)35-19-8-3-9-20-35/h1-32H/i1D,4D,5D,10D,15D,16D,21D,25D,27D,29D,32D. The molecule has 0 unspecified atom stereocenters. The van der Waals surface area contributed by atoms with Gasteiger partial charge in [0, 0.05) is 58.8 Å². The Morgan fingerprint density at radius 2 is 1.11 bits per heavy atom. The van der Waals surface area contributed by atoms with Crippen LogP contribution >= 0.6 is 11.3 Å². The summed E-state index contributed by atoms with van der Waals surface area (Å²) in [6.07, 6.45) is 0. The van der Waals surface area contributed by atoms with Crippen molar-refractivity contribution < 1.29 is 15.1 Å². The summed E-state index contributed by atoms with van der Waals surface area (Å²) in [6.45, 7) is 0. The van der Waals surface area contributed by atoms with Crippen LogP contribution in [0.2, 0.25) is 0 Å². The van der Waals surface area contributed by atoms with Crippen molar-refractivity contribution in [3.8, 4) is 62.1 Å². The number of fused-ring (bicyclic) bond motifs is 6. The number of rotatable bonds is 6. The summed E-state index contributed by atoms with van der Waals surface area (Å²) in [5.74, 6) is 1.26. The van der Waals surface area contributed by atoms with E-state index in [0.717, 1.165) is 36.9 Å². The lowest BCUT2D eigenvalue weighted by molar-refractivity contribution is 1.07. The lowest BCUT2D eigenvalue weighted by Crippen LogP contribution is -2.02. The molecule has 0 aliphatic carbocycles. The number of nitrogens with zero attached hydrogens (tertiary/aromatic N) is 4. The Bertz CT molecular complexity index is 3810. The van der Waals surface area contributed by atoms with E-state index in [1.807, 2.05) is 103 Å². The van der Waals surface area contributed by atoms with Gasteiger partial charge in [-0.05, 0) is 47.5 Å². The molecule has 8 aromatic carbocycles. The number of hydrogen-bond donors (Lipinski definition) is 0. The molecular weight excluding hydrogens is 701 g/mol. The number of thiophene rings is 1. The second-order valence-corrected chi connectivity index (χ2v) is 14.2. The van der Waals surface area contributed by atoms with Gasteiger partial charge in [0.2, 0.25) is 0 Å². The molecule has 0 aliphatic heterocycles. The van der Waals surface area contributed by atoms with Gasteiger partial charge in [0.25, 0.3) is 0 Å². The fourth-order valence-electron chi connectivity index (χ4n) is 7.28. The largest absolute Gasteiger partial charge is 0.309 e. The van der Waals surface area contributed by atoms with E-state index in [1.165, 1.54) is 6.07 Å². The molecule has 3 aromatic heterocycles. The second-order valence-electron chi connectivity index (χ2n) is 13.1. The molecule has 262 valence electrons. The molecule has 0 spiro atoms. The predicted molar refractivity (Wildman–Crippen MR) is 234 cm³/mol. The summed E-state index contributed by atoms with van der Waals surface area (Å²) in [4.78, 5) is 14.9. The van der Waals surface area contributed by atoms with E-state index in [9.17, 15) is 6.85 Å². The summed E-state index contributed by atoms with van der Waals surface area (Å²) < 4.78 is 103. The Labute approximate surface area is 343 Å². The highest BCUT2D eigenvalue weighted by atomic mass is 32.1. The van der Waals surface area contributed by atoms with Crippen molar-refractivity contribution in [1.29, 1.82) is 0 Å². The van der Waals surface area contributed by atoms with E-state index >= 15 is 0 Å². The van der Waals surface area contributed by atoms with Crippen LogP contribution in [-0.2, 0) is 0 Å². The zero-order valence-corrected chi connectivity index (χ0v) is 30.1. The van der Waals surface area contributed by atoms with E-state index in [0.29, 0.717) is 34.3 Å². The van der Waals surface area contributed by atoms with Crippen LogP contribution in [0.15, 0.2) is 194 Å². The molecule has 3 heterocycles. The molecule has 0 amide bonds. The van der Waals surface area contributed by atoms with Crippen LogP contribution in [0, 0.1) is 0 Å². The van der Waals surface area contributed by atoms with Crippen LogP contribution in [0.25, 0.3) is 104 Å². The zero-order chi connectivity index (χ0) is 46.6. The van der Waals surface area contributed by atoms with Crippen LogP contribution in [0.4, 0.5) is 0 Å². The first kappa shape index (κ1) is 22.9. The van der Waals surface area contributed by atoms with E-state index in [2.05, 4.69) is 12.1 Å². The van der Waals surface area contributed by atoms with Crippen molar-refractivity contribution in [3.63, 3.8) is 0 Å².